The summed E-state index contributed by atoms with van der Waals surface area (Å²) < 4.78 is 5.25. The number of likely N-dealkylation sites (N-methyl/N-ethyl adjacent to an activating group) is 1. The second kappa shape index (κ2) is 6.45. The average Bonchev–Trinajstić information content (AvgIpc) is 2.87. The van der Waals surface area contributed by atoms with Gasteiger partial charge >= 0.3 is 0 Å². The van der Waals surface area contributed by atoms with Gasteiger partial charge in [-0.1, -0.05) is 35.8 Å². The summed E-state index contributed by atoms with van der Waals surface area (Å²) in [6, 6.07) is 8.00. The number of hydrogen-bond donors (Lipinski definition) is 1. The molecule has 0 amide bonds. The molecule has 5 heteroatoms. The number of aromatic nitrogens is 2. The highest BCUT2D eigenvalue weighted by Crippen LogP contribution is 2.17. The van der Waals surface area contributed by atoms with Crippen LogP contribution in [-0.4, -0.2) is 39.8 Å². The molecule has 0 aliphatic carbocycles. The zero-order valence-electron chi connectivity index (χ0n) is 11.3. The van der Waals surface area contributed by atoms with Crippen LogP contribution in [0.15, 0.2) is 28.8 Å². The second-order valence-electron chi connectivity index (χ2n) is 4.47. The van der Waals surface area contributed by atoms with E-state index in [1.165, 1.54) is 5.56 Å². The van der Waals surface area contributed by atoms with E-state index in [9.17, 15) is 0 Å². The lowest BCUT2D eigenvalue weighted by Gasteiger charge is -2.15. The van der Waals surface area contributed by atoms with Crippen LogP contribution in [0.2, 0.25) is 0 Å². The topological polar surface area (TPSA) is 62.4 Å². The molecule has 102 valence electrons. The molecule has 0 aliphatic rings. The number of aliphatic hydroxyl groups is 1. The van der Waals surface area contributed by atoms with Crippen molar-refractivity contribution in [1.29, 1.82) is 0 Å². The van der Waals surface area contributed by atoms with Crippen LogP contribution < -0.4 is 0 Å². The van der Waals surface area contributed by atoms with Crippen LogP contribution in [0.25, 0.3) is 11.4 Å². The highest BCUT2D eigenvalue weighted by molar-refractivity contribution is 5.55. The van der Waals surface area contributed by atoms with E-state index in [1.54, 1.807) is 0 Å². The summed E-state index contributed by atoms with van der Waals surface area (Å²) in [5.74, 6) is 1.19. The third kappa shape index (κ3) is 3.62. The Balaban J connectivity index is 2.10. The zero-order valence-corrected chi connectivity index (χ0v) is 11.3. The van der Waals surface area contributed by atoms with E-state index >= 15 is 0 Å². The monoisotopic (exact) mass is 261 g/mol. The second-order valence-corrected chi connectivity index (χ2v) is 4.47. The number of aliphatic hydroxyl groups excluding tert-OH is 1. The minimum atomic E-state index is 0.132. The lowest BCUT2D eigenvalue weighted by molar-refractivity contribution is 0.180. The van der Waals surface area contributed by atoms with Gasteiger partial charge in [0.2, 0.25) is 11.7 Å². The quantitative estimate of drug-likeness (QED) is 0.860. The van der Waals surface area contributed by atoms with Gasteiger partial charge in [0.25, 0.3) is 0 Å². The van der Waals surface area contributed by atoms with Crippen LogP contribution in [0.1, 0.15) is 18.4 Å². The molecule has 0 saturated carbocycles. The van der Waals surface area contributed by atoms with E-state index in [4.69, 9.17) is 9.63 Å². The standard InChI is InChI=1S/C14H19N3O2/c1-3-17(7-8-18)10-13-15-14(16-19-13)12-6-4-5-11(2)9-12/h4-6,9,18H,3,7-8,10H2,1-2H3. The van der Waals surface area contributed by atoms with Gasteiger partial charge in [-0.25, -0.2) is 0 Å². The summed E-state index contributed by atoms with van der Waals surface area (Å²) in [7, 11) is 0. The third-order valence-electron chi connectivity index (χ3n) is 2.97. The molecule has 0 fully saturated rings. The normalized spacial score (nSPS) is 11.2. The van der Waals surface area contributed by atoms with E-state index in [0.29, 0.717) is 24.8 Å². The molecule has 2 aromatic rings. The molecular weight excluding hydrogens is 242 g/mol. The van der Waals surface area contributed by atoms with Crippen molar-refractivity contribution in [1.82, 2.24) is 15.0 Å². The van der Waals surface area contributed by atoms with Gasteiger partial charge in [-0.2, -0.15) is 4.98 Å². The van der Waals surface area contributed by atoms with Crippen LogP contribution in [0.4, 0.5) is 0 Å². The lowest BCUT2D eigenvalue weighted by Crippen LogP contribution is -2.26. The van der Waals surface area contributed by atoms with Crippen molar-refractivity contribution in [2.75, 3.05) is 19.7 Å². The predicted octanol–water partition coefficient (Wildman–Crippen LogP) is 1.86. The Bertz CT molecular complexity index is 525. The predicted molar refractivity (Wildman–Crippen MR) is 72.5 cm³/mol. The van der Waals surface area contributed by atoms with Crippen molar-refractivity contribution in [3.8, 4) is 11.4 Å². The van der Waals surface area contributed by atoms with Gasteiger partial charge in [0.15, 0.2) is 0 Å². The maximum absolute atomic E-state index is 8.95. The summed E-state index contributed by atoms with van der Waals surface area (Å²) in [6.07, 6.45) is 0. The van der Waals surface area contributed by atoms with Gasteiger partial charge < -0.3 is 9.63 Å². The Morgan fingerprint density at radius 3 is 2.89 bits per heavy atom. The van der Waals surface area contributed by atoms with Gasteiger partial charge in [0.05, 0.1) is 13.2 Å². The molecule has 0 atom stereocenters. The highest BCUT2D eigenvalue weighted by Gasteiger charge is 2.11. The summed E-state index contributed by atoms with van der Waals surface area (Å²) in [5.41, 5.74) is 2.12. The van der Waals surface area contributed by atoms with Gasteiger partial charge in [0.1, 0.15) is 0 Å². The highest BCUT2D eigenvalue weighted by atomic mass is 16.5. The molecule has 1 N–H and O–H groups in total. The van der Waals surface area contributed by atoms with Crippen molar-refractivity contribution in [2.45, 2.75) is 20.4 Å². The Hall–Kier alpha value is -1.72. The number of rotatable bonds is 6. The lowest BCUT2D eigenvalue weighted by atomic mass is 10.1. The van der Waals surface area contributed by atoms with Gasteiger partial charge in [-0.3, -0.25) is 4.90 Å². The third-order valence-corrected chi connectivity index (χ3v) is 2.97. The van der Waals surface area contributed by atoms with Crippen LogP contribution >= 0.6 is 0 Å². The van der Waals surface area contributed by atoms with Crippen LogP contribution in [0.3, 0.4) is 0 Å². The number of benzene rings is 1. The molecule has 0 unspecified atom stereocenters. The van der Waals surface area contributed by atoms with E-state index < -0.39 is 0 Å². The molecule has 0 saturated heterocycles. The maximum atomic E-state index is 8.95. The fraction of sp³-hybridized carbons (Fsp3) is 0.429. The largest absolute Gasteiger partial charge is 0.395 e. The first-order chi connectivity index (χ1) is 9.22. The summed E-state index contributed by atoms with van der Waals surface area (Å²) >= 11 is 0. The molecule has 5 nitrogen and oxygen atoms in total. The van der Waals surface area contributed by atoms with E-state index in [-0.39, 0.29) is 6.61 Å². The van der Waals surface area contributed by atoms with E-state index in [0.717, 1.165) is 12.1 Å². The fourth-order valence-corrected chi connectivity index (χ4v) is 1.90. The molecule has 19 heavy (non-hydrogen) atoms. The van der Waals surface area contributed by atoms with Gasteiger partial charge in [0, 0.05) is 12.1 Å². The number of aryl methyl sites for hydroxylation is 1. The van der Waals surface area contributed by atoms with Crippen molar-refractivity contribution in [3.63, 3.8) is 0 Å². The van der Waals surface area contributed by atoms with Crippen LogP contribution in [-0.2, 0) is 6.54 Å². The first-order valence-corrected chi connectivity index (χ1v) is 6.45. The molecule has 1 aromatic carbocycles. The molecule has 0 spiro atoms. The fourth-order valence-electron chi connectivity index (χ4n) is 1.90. The average molecular weight is 261 g/mol. The molecule has 0 bridgehead atoms. The number of hydrogen-bond acceptors (Lipinski definition) is 5. The van der Waals surface area contributed by atoms with Crippen molar-refractivity contribution in [2.24, 2.45) is 0 Å². The molecule has 0 aliphatic heterocycles. The van der Waals surface area contributed by atoms with Crippen LogP contribution in [0.5, 0.6) is 0 Å². The summed E-state index contributed by atoms with van der Waals surface area (Å²) in [4.78, 5) is 6.44. The first kappa shape index (κ1) is 13.7. The van der Waals surface area contributed by atoms with Gasteiger partial charge in [-0.05, 0) is 19.5 Å². The molecule has 1 heterocycles. The smallest absolute Gasteiger partial charge is 0.241 e. The van der Waals surface area contributed by atoms with Crippen molar-refractivity contribution in [3.05, 3.63) is 35.7 Å². The van der Waals surface area contributed by atoms with E-state index in [2.05, 4.69) is 10.1 Å². The molecule has 2 rings (SSSR count). The zero-order chi connectivity index (χ0) is 13.7. The van der Waals surface area contributed by atoms with Gasteiger partial charge in [-0.15, -0.1) is 0 Å². The molecule has 1 aromatic heterocycles. The van der Waals surface area contributed by atoms with E-state index in [1.807, 2.05) is 43.0 Å². The first-order valence-electron chi connectivity index (χ1n) is 6.45. The van der Waals surface area contributed by atoms with Crippen molar-refractivity contribution >= 4 is 0 Å². The summed E-state index contributed by atoms with van der Waals surface area (Å²) in [5, 5.41) is 13.0. The minimum Gasteiger partial charge on any atom is -0.395 e. The Morgan fingerprint density at radius 1 is 1.37 bits per heavy atom. The minimum absolute atomic E-state index is 0.132. The Morgan fingerprint density at radius 2 is 2.21 bits per heavy atom. The SMILES string of the molecule is CCN(CCO)Cc1nc(-c2cccc(C)c2)no1. The van der Waals surface area contributed by atoms with Crippen LogP contribution in [0, 0.1) is 6.92 Å². The number of nitrogens with zero attached hydrogens (tertiary/aromatic N) is 3. The van der Waals surface area contributed by atoms with Crippen molar-refractivity contribution < 1.29 is 9.63 Å². The molecule has 0 radical (unpaired) electrons. The summed E-state index contributed by atoms with van der Waals surface area (Å²) in [6.45, 7) is 6.21. The molecular formula is C14H19N3O2. The Kier molecular flexibility index (Phi) is 4.65. The Labute approximate surface area is 112 Å². The maximum Gasteiger partial charge on any atom is 0.241 e.